The molecule has 3 rings (SSSR count). The lowest BCUT2D eigenvalue weighted by atomic mass is 10.2. The SMILES string of the molecule is O=C(Nc1ccc(SC(F)(F)F)cc1)Nc1c[nH]c2ccc(Cl)cc12. The van der Waals surface area contributed by atoms with E-state index in [1.807, 2.05) is 0 Å². The van der Waals surface area contributed by atoms with Gasteiger partial charge in [-0.1, -0.05) is 11.6 Å². The maximum absolute atomic E-state index is 12.3. The highest BCUT2D eigenvalue weighted by Gasteiger charge is 2.29. The van der Waals surface area contributed by atoms with Gasteiger partial charge >= 0.3 is 11.5 Å². The summed E-state index contributed by atoms with van der Waals surface area (Å²) < 4.78 is 36.9. The smallest absolute Gasteiger partial charge is 0.359 e. The van der Waals surface area contributed by atoms with Crippen LogP contribution < -0.4 is 10.6 Å². The number of aromatic amines is 1. The molecule has 1 aromatic heterocycles. The van der Waals surface area contributed by atoms with Gasteiger partial charge in [0.2, 0.25) is 0 Å². The number of nitrogens with one attached hydrogen (secondary N) is 3. The second-order valence-corrected chi connectivity index (χ2v) is 6.62. The minimum absolute atomic E-state index is 0.0460. The summed E-state index contributed by atoms with van der Waals surface area (Å²) >= 11 is 5.74. The molecule has 0 saturated heterocycles. The first-order valence-electron chi connectivity index (χ1n) is 7.01. The number of benzene rings is 2. The molecule has 4 nitrogen and oxygen atoms in total. The predicted octanol–water partition coefficient (Wildman–Crippen LogP) is 6.08. The van der Waals surface area contributed by atoms with Gasteiger partial charge in [-0.05, 0) is 54.2 Å². The minimum atomic E-state index is -4.34. The third-order valence-electron chi connectivity index (χ3n) is 3.24. The molecule has 1 heterocycles. The van der Waals surface area contributed by atoms with Crippen LogP contribution in [0.25, 0.3) is 10.9 Å². The molecule has 25 heavy (non-hydrogen) atoms. The highest BCUT2D eigenvalue weighted by molar-refractivity contribution is 8.00. The predicted molar refractivity (Wildman–Crippen MR) is 94.3 cm³/mol. The van der Waals surface area contributed by atoms with Gasteiger partial charge in [0.15, 0.2) is 0 Å². The van der Waals surface area contributed by atoms with Crippen molar-refractivity contribution in [1.82, 2.24) is 4.98 Å². The molecular formula is C16H11ClF3N3OS. The molecule has 0 aliphatic carbocycles. The Morgan fingerprint density at radius 1 is 1.08 bits per heavy atom. The fraction of sp³-hybridized carbons (Fsp3) is 0.0625. The summed E-state index contributed by atoms with van der Waals surface area (Å²) in [6, 6.07) is 10.1. The van der Waals surface area contributed by atoms with E-state index in [0.717, 1.165) is 10.9 Å². The Hall–Kier alpha value is -2.32. The van der Waals surface area contributed by atoms with E-state index in [2.05, 4.69) is 15.6 Å². The summed E-state index contributed by atoms with van der Waals surface area (Å²) in [6.07, 6.45) is 1.63. The molecule has 0 atom stereocenters. The summed E-state index contributed by atoms with van der Waals surface area (Å²) in [4.78, 5) is 15.1. The molecule has 2 amide bonds. The quantitative estimate of drug-likeness (QED) is 0.479. The zero-order valence-corrected chi connectivity index (χ0v) is 14.0. The number of hydrogen-bond donors (Lipinski definition) is 3. The lowest BCUT2D eigenvalue weighted by Crippen LogP contribution is -2.19. The number of halogens is 4. The van der Waals surface area contributed by atoms with Gasteiger partial charge in [-0.25, -0.2) is 4.79 Å². The number of H-pyrrole nitrogens is 1. The van der Waals surface area contributed by atoms with Crippen LogP contribution in [0, 0.1) is 0 Å². The Labute approximate surface area is 149 Å². The average molecular weight is 386 g/mol. The van der Waals surface area contributed by atoms with Crippen LogP contribution >= 0.6 is 23.4 Å². The van der Waals surface area contributed by atoms with Crippen molar-refractivity contribution in [2.75, 3.05) is 10.6 Å². The minimum Gasteiger partial charge on any atom is -0.359 e. The second-order valence-electron chi connectivity index (χ2n) is 5.04. The van der Waals surface area contributed by atoms with Crippen LogP contribution in [-0.4, -0.2) is 16.5 Å². The Kier molecular flexibility index (Phi) is 4.82. The highest BCUT2D eigenvalue weighted by atomic mass is 35.5. The van der Waals surface area contributed by atoms with Crippen LogP contribution in [0.4, 0.5) is 29.3 Å². The fourth-order valence-electron chi connectivity index (χ4n) is 2.22. The van der Waals surface area contributed by atoms with E-state index in [1.54, 1.807) is 24.4 Å². The number of carbonyl (C=O) groups excluding carboxylic acids is 1. The van der Waals surface area contributed by atoms with Gasteiger partial charge in [0.25, 0.3) is 0 Å². The summed E-state index contributed by atoms with van der Waals surface area (Å²) in [6.45, 7) is 0. The molecule has 0 aliphatic heterocycles. The van der Waals surface area contributed by atoms with Crippen molar-refractivity contribution in [2.45, 2.75) is 10.4 Å². The zero-order valence-electron chi connectivity index (χ0n) is 12.4. The normalized spacial score (nSPS) is 11.5. The standard InChI is InChI=1S/C16H11ClF3N3OS/c17-9-1-6-13-12(7-9)14(8-21-13)23-15(24)22-10-2-4-11(5-3-10)25-16(18,19)20/h1-8,21H,(H2,22,23,24). The number of hydrogen-bond acceptors (Lipinski definition) is 2. The van der Waals surface area contributed by atoms with Crippen LogP contribution in [0.15, 0.2) is 53.6 Å². The molecule has 0 spiro atoms. The van der Waals surface area contributed by atoms with Crippen molar-refractivity contribution in [1.29, 1.82) is 0 Å². The van der Waals surface area contributed by atoms with Gasteiger partial charge in [-0.15, -0.1) is 0 Å². The Morgan fingerprint density at radius 2 is 1.80 bits per heavy atom. The van der Waals surface area contributed by atoms with Gasteiger partial charge in [0.05, 0.1) is 5.69 Å². The molecule has 130 valence electrons. The van der Waals surface area contributed by atoms with Gasteiger partial charge in [-0.2, -0.15) is 13.2 Å². The van der Waals surface area contributed by atoms with E-state index in [-0.39, 0.29) is 16.7 Å². The molecular weight excluding hydrogens is 375 g/mol. The molecule has 2 aromatic carbocycles. The van der Waals surface area contributed by atoms with Crippen LogP contribution in [-0.2, 0) is 0 Å². The second kappa shape index (κ2) is 6.89. The van der Waals surface area contributed by atoms with Crippen molar-refractivity contribution in [3.8, 4) is 0 Å². The maximum atomic E-state index is 12.3. The zero-order chi connectivity index (χ0) is 18.0. The van der Waals surface area contributed by atoms with E-state index in [4.69, 9.17) is 11.6 Å². The largest absolute Gasteiger partial charge is 0.446 e. The lowest BCUT2D eigenvalue weighted by molar-refractivity contribution is -0.0328. The van der Waals surface area contributed by atoms with E-state index in [1.165, 1.54) is 24.3 Å². The van der Waals surface area contributed by atoms with Gasteiger partial charge in [0.1, 0.15) is 0 Å². The molecule has 0 aliphatic rings. The molecule has 0 unspecified atom stereocenters. The number of alkyl halides is 3. The highest BCUT2D eigenvalue weighted by Crippen LogP contribution is 2.37. The van der Waals surface area contributed by atoms with E-state index >= 15 is 0 Å². The first-order valence-corrected chi connectivity index (χ1v) is 8.20. The molecule has 9 heteroatoms. The van der Waals surface area contributed by atoms with Crippen molar-refractivity contribution >= 4 is 51.7 Å². The third kappa shape index (κ3) is 4.61. The molecule has 0 bridgehead atoms. The number of fused-ring (bicyclic) bond motifs is 1. The van der Waals surface area contributed by atoms with Crippen molar-refractivity contribution < 1.29 is 18.0 Å². The van der Waals surface area contributed by atoms with Gasteiger partial charge in [0, 0.05) is 32.7 Å². The summed E-state index contributed by atoms with van der Waals surface area (Å²) in [5.41, 5.74) is -2.61. The molecule has 3 N–H and O–H groups in total. The monoisotopic (exact) mass is 385 g/mol. The average Bonchev–Trinajstić information content (AvgIpc) is 2.90. The van der Waals surface area contributed by atoms with Crippen LogP contribution in [0.5, 0.6) is 0 Å². The first kappa shape index (κ1) is 17.5. The van der Waals surface area contributed by atoms with E-state index in [0.29, 0.717) is 16.4 Å². The lowest BCUT2D eigenvalue weighted by Gasteiger charge is -2.09. The van der Waals surface area contributed by atoms with E-state index in [9.17, 15) is 18.0 Å². The first-order chi connectivity index (χ1) is 11.8. The Bertz CT molecular complexity index is 909. The number of rotatable bonds is 3. The molecule has 0 fully saturated rings. The third-order valence-corrected chi connectivity index (χ3v) is 4.21. The Morgan fingerprint density at radius 3 is 2.48 bits per heavy atom. The number of thioether (sulfide) groups is 1. The number of carbonyl (C=O) groups is 1. The van der Waals surface area contributed by atoms with Crippen LogP contribution in [0.2, 0.25) is 5.02 Å². The summed E-state index contributed by atoms with van der Waals surface area (Å²) in [7, 11) is 0. The van der Waals surface area contributed by atoms with Crippen LogP contribution in [0.1, 0.15) is 0 Å². The topological polar surface area (TPSA) is 56.9 Å². The van der Waals surface area contributed by atoms with Gasteiger partial charge in [-0.3, -0.25) is 0 Å². The van der Waals surface area contributed by atoms with Crippen molar-refractivity contribution in [3.05, 3.63) is 53.7 Å². The molecule has 0 saturated carbocycles. The number of anilines is 2. The van der Waals surface area contributed by atoms with Gasteiger partial charge < -0.3 is 15.6 Å². The van der Waals surface area contributed by atoms with Crippen molar-refractivity contribution in [3.63, 3.8) is 0 Å². The van der Waals surface area contributed by atoms with Crippen molar-refractivity contribution in [2.24, 2.45) is 0 Å². The fourth-order valence-corrected chi connectivity index (χ4v) is 2.93. The number of amides is 2. The molecule has 0 radical (unpaired) electrons. The number of urea groups is 1. The van der Waals surface area contributed by atoms with E-state index < -0.39 is 11.5 Å². The molecule has 3 aromatic rings. The summed E-state index contributed by atoms with van der Waals surface area (Å²) in [5.74, 6) is 0. The maximum Gasteiger partial charge on any atom is 0.446 e. The summed E-state index contributed by atoms with van der Waals surface area (Å²) in [5, 5.41) is 6.52. The Balaban J connectivity index is 1.67. The van der Waals surface area contributed by atoms with Crippen LogP contribution in [0.3, 0.4) is 0 Å². The number of aromatic nitrogens is 1.